The molecule has 0 saturated carbocycles. The van der Waals surface area contributed by atoms with E-state index in [1.54, 1.807) is 0 Å². The van der Waals surface area contributed by atoms with Crippen LogP contribution in [0.4, 0.5) is 13.2 Å². The summed E-state index contributed by atoms with van der Waals surface area (Å²) in [6, 6.07) is 2.47. The summed E-state index contributed by atoms with van der Waals surface area (Å²) in [5.74, 6) is -3.74. The predicted octanol–water partition coefficient (Wildman–Crippen LogP) is 1.39. The highest BCUT2D eigenvalue weighted by Crippen LogP contribution is 2.30. The quantitative estimate of drug-likeness (QED) is 0.792. The molecule has 0 spiro atoms. The van der Waals surface area contributed by atoms with Gasteiger partial charge in [-0.3, -0.25) is 0 Å². The fourth-order valence-electron chi connectivity index (χ4n) is 1.40. The first kappa shape index (κ1) is 18.2. The second kappa shape index (κ2) is 6.95. The molecule has 0 radical (unpaired) electrons. The number of carboxylic acid groups (broad SMARTS) is 1. The number of sulfonamides is 1. The minimum atomic E-state index is -4.72. The third kappa shape index (κ3) is 5.81. The van der Waals surface area contributed by atoms with Crippen molar-refractivity contribution >= 4 is 38.9 Å². The largest absolute Gasteiger partial charge is 0.550 e. The Morgan fingerprint density at radius 3 is 2.48 bits per heavy atom. The zero-order valence-electron chi connectivity index (χ0n) is 10.3. The number of nitrogens with one attached hydrogen (secondary N) is 1. The van der Waals surface area contributed by atoms with Gasteiger partial charge in [-0.1, -0.05) is 11.6 Å². The van der Waals surface area contributed by atoms with Crippen molar-refractivity contribution in [2.75, 3.05) is 6.54 Å². The van der Waals surface area contributed by atoms with Crippen molar-refractivity contribution in [2.24, 2.45) is 5.92 Å². The van der Waals surface area contributed by atoms with Crippen LogP contribution in [0.3, 0.4) is 0 Å². The van der Waals surface area contributed by atoms with Crippen molar-refractivity contribution in [1.29, 1.82) is 0 Å². The number of hydrogen-bond donors (Lipinski definition) is 1. The molecule has 0 fully saturated rings. The van der Waals surface area contributed by atoms with Crippen LogP contribution in [0.5, 0.6) is 0 Å². The highest BCUT2D eigenvalue weighted by molar-refractivity contribution is 7.91. The van der Waals surface area contributed by atoms with E-state index in [0.717, 1.165) is 0 Å². The number of halogens is 4. The number of carboxylic acids is 1. The zero-order valence-corrected chi connectivity index (χ0v) is 12.7. The fraction of sp³-hybridized carbons (Fsp3) is 0.500. The maximum Gasteiger partial charge on any atom is 0.393 e. The van der Waals surface area contributed by atoms with E-state index < -0.39 is 47.5 Å². The average Bonchev–Trinajstić information content (AvgIpc) is 2.74. The van der Waals surface area contributed by atoms with Crippen molar-refractivity contribution < 1.29 is 31.5 Å². The molecule has 1 aromatic rings. The van der Waals surface area contributed by atoms with Gasteiger partial charge in [-0.05, 0) is 25.0 Å². The van der Waals surface area contributed by atoms with Crippen molar-refractivity contribution in [3.05, 3.63) is 16.5 Å². The topological polar surface area (TPSA) is 86.3 Å². The Morgan fingerprint density at radius 2 is 2.05 bits per heavy atom. The maximum atomic E-state index is 12.7. The second-order valence-corrected chi connectivity index (χ2v) is 7.77. The van der Waals surface area contributed by atoms with Gasteiger partial charge in [0, 0.05) is 12.5 Å². The van der Waals surface area contributed by atoms with Gasteiger partial charge in [0.05, 0.1) is 10.3 Å². The molecule has 1 rings (SSSR count). The summed E-state index contributed by atoms with van der Waals surface area (Å²) in [5, 5.41) is 10.2. The smallest absolute Gasteiger partial charge is 0.393 e. The fourth-order valence-corrected chi connectivity index (χ4v) is 4.01. The van der Waals surface area contributed by atoms with Crippen LogP contribution in [-0.4, -0.2) is 27.1 Å². The lowest BCUT2D eigenvalue weighted by Crippen LogP contribution is -2.37. The molecule has 0 aromatic carbocycles. The van der Waals surface area contributed by atoms with Crippen molar-refractivity contribution in [3.8, 4) is 0 Å². The van der Waals surface area contributed by atoms with E-state index in [-0.39, 0.29) is 8.55 Å². The molecule has 0 aliphatic heterocycles. The third-order valence-electron chi connectivity index (χ3n) is 2.49. The minimum Gasteiger partial charge on any atom is -0.550 e. The summed E-state index contributed by atoms with van der Waals surface area (Å²) in [6.45, 7) is -0.950. The number of hydrogen-bond acceptors (Lipinski definition) is 5. The van der Waals surface area contributed by atoms with Crippen LogP contribution in [0.2, 0.25) is 4.34 Å². The summed E-state index contributed by atoms with van der Waals surface area (Å²) in [7, 11) is -4.11. The molecule has 0 unspecified atom stereocenters. The minimum absolute atomic E-state index is 0.180. The Balaban J connectivity index is 2.74. The van der Waals surface area contributed by atoms with E-state index in [0.29, 0.717) is 11.3 Å². The maximum absolute atomic E-state index is 12.7. The van der Waals surface area contributed by atoms with Gasteiger partial charge >= 0.3 is 6.18 Å². The van der Waals surface area contributed by atoms with Crippen LogP contribution in [0.25, 0.3) is 0 Å². The van der Waals surface area contributed by atoms with Crippen LogP contribution in [0, 0.1) is 5.92 Å². The van der Waals surface area contributed by atoms with Gasteiger partial charge in [0.15, 0.2) is 0 Å². The first-order valence-electron chi connectivity index (χ1n) is 5.54. The summed E-state index contributed by atoms with van der Waals surface area (Å²) in [5.41, 5.74) is 0. The summed E-state index contributed by atoms with van der Waals surface area (Å²) in [6.07, 6.45) is -6.29. The Bertz CT molecular complexity index is 600. The first-order chi connectivity index (χ1) is 9.52. The van der Waals surface area contributed by atoms with Crippen LogP contribution < -0.4 is 9.83 Å². The SMILES string of the molecule is O=C([O-])CC[C@H](CNS(=O)(=O)c1ccc(Cl)s1)C(F)(F)F. The number of carbonyl (C=O) groups is 1. The Hall–Kier alpha value is -0.840. The standard InChI is InChI=1S/C10H11ClF3NO4S2/c11-7-2-4-9(20-7)21(18,19)15-5-6(10(12,13)14)1-3-8(16)17/h2,4,6,15H,1,3,5H2,(H,16,17)/p-1/t6-/m1/s1. The number of aliphatic carboxylic acids is 1. The van der Waals surface area contributed by atoms with Gasteiger partial charge in [-0.2, -0.15) is 13.2 Å². The lowest BCUT2D eigenvalue weighted by molar-refractivity contribution is -0.306. The highest BCUT2D eigenvalue weighted by Gasteiger charge is 2.39. The molecule has 1 N–H and O–H groups in total. The molecule has 0 saturated heterocycles. The van der Waals surface area contributed by atoms with E-state index in [4.69, 9.17) is 11.6 Å². The molecular formula is C10H10ClF3NO4S2-. The molecule has 0 aliphatic carbocycles. The van der Waals surface area contributed by atoms with Crippen molar-refractivity contribution in [3.63, 3.8) is 0 Å². The Kier molecular flexibility index (Phi) is 6.02. The summed E-state index contributed by atoms with van der Waals surface area (Å²) < 4.78 is 63.4. The van der Waals surface area contributed by atoms with Gasteiger partial charge < -0.3 is 9.90 Å². The molecule has 11 heteroatoms. The number of alkyl halides is 3. The van der Waals surface area contributed by atoms with Crippen molar-refractivity contribution in [2.45, 2.75) is 23.2 Å². The number of thiophene rings is 1. The Labute approximate surface area is 127 Å². The molecule has 1 heterocycles. The Morgan fingerprint density at radius 1 is 1.43 bits per heavy atom. The normalized spacial score (nSPS) is 14.1. The van der Waals surface area contributed by atoms with Crippen LogP contribution >= 0.6 is 22.9 Å². The number of carbonyl (C=O) groups excluding carboxylic acids is 1. The van der Waals surface area contributed by atoms with Gasteiger partial charge in [-0.25, -0.2) is 13.1 Å². The molecular weight excluding hydrogens is 355 g/mol. The van der Waals surface area contributed by atoms with Gasteiger partial charge in [0.25, 0.3) is 0 Å². The zero-order chi connectivity index (χ0) is 16.3. The van der Waals surface area contributed by atoms with Crippen LogP contribution in [0.1, 0.15) is 12.8 Å². The third-order valence-corrected chi connectivity index (χ3v) is 5.64. The van der Waals surface area contributed by atoms with E-state index in [1.165, 1.54) is 12.1 Å². The molecule has 120 valence electrons. The van der Waals surface area contributed by atoms with Crippen molar-refractivity contribution in [1.82, 2.24) is 4.72 Å². The molecule has 5 nitrogen and oxygen atoms in total. The van der Waals surface area contributed by atoms with E-state index in [2.05, 4.69) is 0 Å². The number of rotatable bonds is 7. The monoisotopic (exact) mass is 364 g/mol. The molecule has 0 bridgehead atoms. The second-order valence-electron chi connectivity index (χ2n) is 4.06. The molecule has 0 aliphatic rings. The first-order valence-corrected chi connectivity index (χ1v) is 8.21. The molecule has 0 amide bonds. The lowest BCUT2D eigenvalue weighted by Gasteiger charge is -2.20. The summed E-state index contributed by atoms with van der Waals surface area (Å²) in [4.78, 5) is 10.2. The molecule has 1 atom stereocenters. The van der Waals surface area contributed by atoms with E-state index >= 15 is 0 Å². The predicted molar refractivity (Wildman–Crippen MR) is 68.3 cm³/mol. The van der Waals surface area contributed by atoms with Gasteiger partial charge in [0.2, 0.25) is 10.0 Å². The average molecular weight is 365 g/mol. The summed E-state index contributed by atoms with van der Waals surface area (Å²) >= 11 is 6.26. The molecule has 1 aromatic heterocycles. The van der Waals surface area contributed by atoms with Gasteiger partial charge in [0.1, 0.15) is 4.21 Å². The van der Waals surface area contributed by atoms with Crippen LogP contribution in [0.15, 0.2) is 16.3 Å². The highest BCUT2D eigenvalue weighted by atomic mass is 35.5. The van der Waals surface area contributed by atoms with Crippen LogP contribution in [-0.2, 0) is 14.8 Å². The van der Waals surface area contributed by atoms with E-state index in [1.807, 2.05) is 4.72 Å². The van der Waals surface area contributed by atoms with Gasteiger partial charge in [-0.15, -0.1) is 11.3 Å². The lowest BCUT2D eigenvalue weighted by atomic mass is 10.0. The van der Waals surface area contributed by atoms with E-state index in [9.17, 15) is 31.5 Å². The molecule has 21 heavy (non-hydrogen) atoms.